The first-order valence-electron chi connectivity index (χ1n) is 7.95. The van der Waals surface area contributed by atoms with Crippen LogP contribution in [0.5, 0.6) is 0 Å². The minimum Gasteiger partial charge on any atom is -0.255 e. The second kappa shape index (κ2) is 6.57. The van der Waals surface area contributed by atoms with Gasteiger partial charge in [0.25, 0.3) is 0 Å². The molecule has 120 valence electrons. The van der Waals surface area contributed by atoms with E-state index in [-0.39, 0.29) is 0 Å². The Morgan fingerprint density at radius 3 is 1.88 bits per heavy atom. The zero-order valence-electron chi connectivity index (χ0n) is 13.7. The number of rotatable bonds is 3. The van der Waals surface area contributed by atoms with Crippen LogP contribution in [0.25, 0.3) is 34.2 Å². The molecule has 0 bridgehead atoms. The van der Waals surface area contributed by atoms with Crippen molar-refractivity contribution in [3.63, 3.8) is 0 Å². The Kier molecular flexibility index (Phi) is 3.96. The molecule has 4 aromatic rings. The standard InChI is InChI=1S/C20H15N5/c1-14-6-4-8-15(24-14)16-9-5-10-18(25-16)20-19(22-12-13-23-20)17-7-2-3-11-21-17/h2-13H,1H3. The molecule has 0 unspecified atom stereocenters. The van der Waals surface area contributed by atoms with Crippen LogP contribution in [0.4, 0.5) is 0 Å². The topological polar surface area (TPSA) is 64.5 Å². The molecule has 0 fully saturated rings. The van der Waals surface area contributed by atoms with Crippen molar-refractivity contribution < 1.29 is 0 Å². The van der Waals surface area contributed by atoms with Crippen molar-refractivity contribution in [2.75, 3.05) is 0 Å². The highest BCUT2D eigenvalue weighted by molar-refractivity contribution is 5.74. The summed E-state index contributed by atoms with van der Waals surface area (Å²) in [4.78, 5) is 22.6. The summed E-state index contributed by atoms with van der Waals surface area (Å²) in [5.74, 6) is 0. The van der Waals surface area contributed by atoms with E-state index in [1.165, 1.54) is 0 Å². The number of pyridine rings is 3. The van der Waals surface area contributed by atoms with E-state index in [9.17, 15) is 0 Å². The SMILES string of the molecule is Cc1cccc(-c2cccc(-c3nccnc3-c3ccccn3)n2)n1. The van der Waals surface area contributed by atoms with Crippen molar-refractivity contribution in [1.29, 1.82) is 0 Å². The molecule has 4 rings (SSSR count). The highest BCUT2D eigenvalue weighted by Crippen LogP contribution is 2.27. The molecule has 0 aliphatic rings. The normalized spacial score (nSPS) is 10.6. The van der Waals surface area contributed by atoms with Crippen molar-refractivity contribution in [2.24, 2.45) is 0 Å². The Hall–Kier alpha value is -3.47. The first-order chi connectivity index (χ1) is 12.3. The lowest BCUT2D eigenvalue weighted by Crippen LogP contribution is -1.97. The zero-order valence-corrected chi connectivity index (χ0v) is 13.7. The third-order valence-corrected chi connectivity index (χ3v) is 3.75. The predicted molar refractivity (Wildman–Crippen MR) is 96.5 cm³/mol. The molecule has 4 aromatic heterocycles. The van der Waals surface area contributed by atoms with Crippen LogP contribution in [0.1, 0.15) is 5.69 Å². The Morgan fingerprint density at radius 2 is 1.16 bits per heavy atom. The van der Waals surface area contributed by atoms with Gasteiger partial charge in [-0.05, 0) is 43.3 Å². The van der Waals surface area contributed by atoms with Gasteiger partial charge >= 0.3 is 0 Å². The van der Waals surface area contributed by atoms with Crippen LogP contribution in [0.3, 0.4) is 0 Å². The molecule has 0 radical (unpaired) electrons. The van der Waals surface area contributed by atoms with Crippen molar-refractivity contribution in [3.05, 3.63) is 78.9 Å². The maximum atomic E-state index is 4.75. The molecular weight excluding hydrogens is 310 g/mol. The second-order valence-corrected chi connectivity index (χ2v) is 5.54. The van der Waals surface area contributed by atoms with E-state index in [0.29, 0.717) is 11.4 Å². The van der Waals surface area contributed by atoms with Crippen molar-refractivity contribution in [3.8, 4) is 34.2 Å². The van der Waals surface area contributed by atoms with Gasteiger partial charge in [0.2, 0.25) is 0 Å². The van der Waals surface area contributed by atoms with Gasteiger partial charge < -0.3 is 0 Å². The van der Waals surface area contributed by atoms with Gasteiger partial charge in [-0.25, -0.2) is 4.98 Å². The van der Waals surface area contributed by atoms with Crippen LogP contribution >= 0.6 is 0 Å². The second-order valence-electron chi connectivity index (χ2n) is 5.54. The summed E-state index contributed by atoms with van der Waals surface area (Å²) < 4.78 is 0. The number of hydrogen-bond acceptors (Lipinski definition) is 5. The molecule has 0 spiro atoms. The highest BCUT2D eigenvalue weighted by atomic mass is 14.9. The maximum absolute atomic E-state index is 4.75. The average Bonchev–Trinajstić information content (AvgIpc) is 2.69. The van der Waals surface area contributed by atoms with Crippen LogP contribution in [-0.4, -0.2) is 24.9 Å². The van der Waals surface area contributed by atoms with E-state index in [0.717, 1.165) is 28.5 Å². The smallest absolute Gasteiger partial charge is 0.116 e. The third kappa shape index (κ3) is 3.12. The van der Waals surface area contributed by atoms with Crippen LogP contribution < -0.4 is 0 Å². The molecular formula is C20H15N5. The Bertz CT molecular complexity index is 1010. The third-order valence-electron chi connectivity index (χ3n) is 3.75. The van der Waals surface area contributed by atoms with Crippen LogP contribution in [-0.2, 0) is 0 Å². The number of aryl methyl sites for hydroxylation is 1. The molecule has 0 amide bonds. The van der Waals surface area contributed by atoms with Crippen molar-refractivity contribution >= 4 is 0 Å². The Labute approximate surface area is 145 Å². The van der Waals surface area contributed by atoms with Crippen molar-refractivity contribution in [2.45, 2.75) is 6.92 Å². The molecule has 0 atom stereocenters. The molecule has 0 aliphatic carbocycles. The fourth-order valence-electron chi connectivity index (χ4n) is 2.61. The fourth-order valence-corrected chi connectivity index (χ4v) is 2.61. The number of nitrogens with zero attached hydrogens (tertiary/aromatic N) is 5. The minimum atomic E-state index is 0.704. The molecule has 0 aliphatic heterocycles. The van der Waals surface area contributed by atoms with Crippen LogP contribution in [0.2, 0.25) is 0 Å². The first-order valence-corrected chi connectivity index (χ1v) is 7.95. The molecule has 4 heterocycles. The van der Waals surface area contributed by atoms with Gasteiger partial charge in [0, 0.05) is 24.3 Å². The van der Waals surface area contributed by atoms with E-state index in [1.54, 1.807) is 18.6 Å². The van der Waals surface area contributed by atoms with Gasteiger partial charge in [-0.1, -0.05) is 18.2 Å². The lowest BCUT2D eigenvalue weighted by atomic mass is 10.1. The largest absolute Gasteiger partial charge is 0.255 e. The van der Waals surface area contributed by atoms with Crippen LogP contribution in [0, 0.1) is 6.92 Å². The van der Waals surface area contributed by atoms with E-state index in [2.05, 4.69) is 19.9 Å². The molecule has 25 heavy (non-hydrogen) atoms. The van der Waals surface area contributed by atoms with E-state index in [1.807, 2.05) is 61.5 Å². The molecule has 0 N–H and O–H groups in total. The van der Waals surface area contributed by atoms with E-state index < -0.39 is 0 Å². The summed E-state index contributed by atoms with van der Waals surface area (Å²) in [5, 5.41) is 0. The van der Waals surface area contributed by atoms with Gasteiger partial charge in [0.15, 0.2) is 0 Å². The summed E-state index contributed by atoms with van der Waals surface area (Å²) in [6, 6.07) is 17.5. The summed E-state index contributed by atoms with van der Waals surface area (Å²) in [6.45, 7) is 1.97. The lowest BCUT2D eigenvalue weighted by molar-refractivity contribution is 1.14. The summed E-state index contributed by atoms with van der Waals surface area (Å²) >= 11 is 0. The van der Waals surface area contributed by atoms with Gasteiger partial charge in [-0.3, -0.25) is 19.9 Å². The Balaban J connectivity index is 1.83. The van der Waals surface area contributed by atoms with Gasteiger partial charge in [0.05, 0.1) is 22.8 Å². The van der Waals surface area contributed by atoms with E-state index >= 15 is 0 Å². The van der Waals surface area contributed by atoms with Crippen molar-refractivity contribution in [1.82, 2.24) is 24.9 Å². The zero-order chi connectivity index (χ0) is 17.1. The molecule has 5 heteroatoms. The Morgan fingerprint density at radius 1 is 0.520 bits per heavy atom. The molecule has 0 aromatic carbocycles. The molecule has 0 saturated carbocycles. The molecule has 5 nitrogen and oxygen atoms in total. The fraction of sp³-hybridized carbons (Fsp3) is 0.0500. The predicted octanol–water partition coefficient (Wildman–Crippen LogP) is 3.97. The highest BCUT2D eigenvalue weighted by Gasteiger charge is 2.13. The van der Waals surface area contributed by atoms with E-state index in [4.69, 9.17) is 4.98 Å². The van der Waals surface area contributed by atoms with Gasteiger partial charge in [0.1, 0.15) is 11.4 Å². The summed E-state index contributed by atoms with van der Waals surface area (Å²) in [7, 11) is 0. The average molecular weight is 325 g/mol. The molecule has 0 saturated heterocycles. The maximum Gasteiger partial charge on any atom is 0.116 e. The quantitative estimate of drug-likeness (QED) is 0.570. The number of aromatic nitrogens is 5. The first kappa shape index (κ1) is 15.1. The summed E-state index contributed by atoms with van der Waals surface area (Å²) in [6.07, 6.45) is 5.08. The lowest BCUT2D eigenvalue weighted by Gasteiger charge is -2.08. The minimum absolute atomic E-state index is 0.704. The summed E-state index contributed by atoms with van der Waals surface area (Å²) in [5.41, 5.74) is 5.53. The van der Waals surface area contributed by atoms with Gasteiger partial charge in [-0.15, -0.1) is 0 Å². The van der Waals surface area contributed by atoms with Crippen LogP contribution in [0.15, 0.2) is 73.2 Å². The van der Waals surface area contributed by atoms with Gasteiger partial charge in [-0.2, -0.15) is 0 Å². The number of hydrogen-bond donors (Lipinski definition) is 0. The monoisotopic (exact) mass is 325 g/mol.